The molecule has 0 aromatic rings. The molecule has 0 aromatic carbocycles. The number of rotatable bonds is 12. The predicted octanol–water partition coefficient (Wildman–Crippen LogP) is 4.32. The third kappa shape index (κ3) is 27.3. The molecule has 0 aliphatic heterocycles. The van der Waals surface area contributed by atoms with Gasteiger partial charge in [0.1, 0.15) is 0 Å². The van der Waals surface area contributed by atoms with E-state index < -0.39 is 10.4 Å². The maximum atomic E-state index is 9.56. The monoisotopic (exact) mass is 318 g/mol. The maximum absolute atomic E-state index is 9.56. The van der Waals surface area contributed by atoms with Crippen molar-refractivity contribution in [3.8, 4) is 0 Å². The van der Waals surface area contributed by atoms with Crippen LogP contribution < -0.4 is 0 Å². The van der Waals surface area contributed by atoms with Gasteiger partial charge in [-0.05, 0) is 6.92 Å². The zero-order chi connectivity index (χ0) is 15.7. The molecule has 0 aromatic heterocycles. The molecule has 0 heterocycles. The predicted molar refractivity (Wildman–Crippen MR) is 85.6 cm³/mol. The fourth-order valence-corrected chi connectivity index (χ4v) is 2.68. The van der Waals surface area contributed by atoms with Gasteiger partial charge in [0.25, 0.3) is 0 Å². The third-order valence-corrected chi connectivity index (χ3v) is 4.21. The van der Waals surface area contributed by atoms with Crippen molar-refractivity contribution in [2.45, 2.75) is 81.7 Å². The molecule has 0 saturated carbocycles. The van der Waals surface area contributed by atoms with E-state index in [-0.39, 0.29) is 6.61 Å². The second kappa shape index (κ2) is 17.9. The van der Waals surface area contributed by atoms with Crippen molar-refractivity contribution in [3.05, 3.63) is 0 Å². The summed E-state index contributed by atoms with van der Waals surface area (Å²) in [7, 11) is -4.17. The summed E-state index contributed by atoms with van der Waals surface area (Å²) >= 11 is 1.41. The van der Waals surface area contributed by atoms with Crippen molar-refractivity contribution < 1.29 is 17.2 Å². The summed E-state index contributed by atoms with van der Waals surface area (Å²) in [5.41, 5.74) is 0. The summed E-state index contributed by atoms with van der Waals surface area (Å²) < 4.78 is 32.2. The first-order valence-electron chi connectivity index (χ1n) is 8.09. The Morgan fingerprint density at radius 1 is 0.850 bits per heavy atom. The van der Waals surface area contributed by atoms with Crippen molar-refractivity contribution in [3.63, 3.8) is 0 Å². The van der Waals surface area contributed by atoms with Crippen molar-refractivity contribution in [1.82, 2.24) is 0 Å². The molecule has 20 heavy (non-hydrogen) atoms. The van der Waals surface area contributed by atoms with Gasteiger partial charge in [-0.25, -0.2) is 4.18 Å². The van der Waals surface area contributed by atoms with Crippen molar-refractivity contribution in [2.75, 3.05) is 6.61 Å². The Hall–Kier alpha value is 0.870. The van der Waals surface area contributed by atoms with Crippen molar-refractivity contribution in [2.24, 2.45) is 0 Å². The molecular weight excluding hydrogens is 287 g/mol. The van der Waals surface area contributed by atoms with Crippen LogP contribution in [0, 0.1) is 0 Å². The van der Waals surface area contributed by atoms with Crippen LogP contribution in [0.1, 0.15) is 78.1 Å². The van der Waals surface area contributed by atoms with E-state index >= 15 is 0 Å². The summed E-state index contributed by atoms with van der Waals surface area (Å²) in [5, 5.41) is 0. The van der Waals surface area contributed by atoms with Crippen LogP contribution in [0.4, 0.5) is 0 Å². The smallest absolute Gasteiger partial charge is 0.264 e. The molecule has 0 bridgehead atoms. The van der Waals surface area contributed by atoms with Gasteiger partial charge in [-0.2, -0.15) is 8.42 Å². The van der Waals surface area contributed by atoms with Crippen LogP contribution in [0.5, 0.6) is 0 Å². The van der Waals surface area contributed by atoms with Gasteiger partial charge in [0.15, 0.2) is 0 Å². The zero-order valence-corrected chi connectivity index (χ0v) is 16.4. The van der Waals surface area contributed by atoms with Crippen LogP contribution in [0.25, 0.3) is 0 Å². The average molecular weight is 318 g/mol. The Kier molecular flexibility index (Phi) is 20.7. The van der Waals surface area contributed by atoms with E-state index in [4.69, 9.17) is 4.55 Å². The number of hydrogen-bond donors (Lipinski definition) is 1. The van der Waals surface area contributed by atoms with Crippen LogP contribution in [0.3, 0.4) is 0 Å². The molecule has 1 N–H and O–H groups in total. The Labute approximate surface area is 143 Å². The van der Waals surface area contributed by atoms with Crippen molar-refractivity contribution >= 4 is 38.3 Å². The molecule has 0 aliphatic rings. The largest absolute Gasteiger partial charge is 0.397 e. The van der Waals surface area contributed by atoms with Crippen LogP contribution in [-0.2, 0) is 14.6 Å². The molecule has 0 spiro atoms. The standard InChI is InChI=1S/C12H25.C2H6O4S.Na/c1-3-5-7-9-11-12-10-8-6-4-2;1-2-6-7(3,4)5;/h1,3-12H2,2H3;2H2,1H3,(H,3,4,5);. The molecule has 0 aliphatic carbocycles. The molecular formula is C14H31NaO4S. The molecule has 118 valence electrons. The van der Waals surface area contributed by atoms with Gasteiger partial charge in [-0.3, -0.25) is 4.55 Å². The van der Waals surface area contributed by atoms with Gasteiger partial charge >= 0.3 is 113 Å². The molecule has 6 heteroatoms. The second-order valence-corrected chi connectivity index (χ2v) is 7.11. The van der Waals surface area contributed by atoms with Gasteiger partial charge in [-0.1, -0.05) is 0 Å². The minimum Gasteiger partial charge on any atom is -0.264 e. The topological polar surface area (TPSA) is 63.6 Å². The summed E-state index contributed by atoms with van der Waals surface area (Å²) in [6.07, 6.45) is 14.7. The SMILES string of the molecule is CCCCCCCCCCC[CH2][Na].CCOS(=O)(=O)O. The minimum absolute atomic E-state index is 0.0289. The summed E-state index contributed by atoms with van der Waals surface area (Å²) in [6.45, 7) is 3.72. The van der Waals surface area contributed by atoms with Crippen molar-refractivity contribution in [1.29, 1.82) is 0 Å². The molecule has 0 fully saturated rings. The Morgan fingerprint density at radius 2 is 1.25 bits per heavy atom. The first-order chi connectivity index (χ1) is 9.47. The van der Waals surface area contributed by atoms with Crippen LogP contribution in [0.2, 0.25) is 3.67 Å². The maximum Gasteiger partial charge on any atom is 0.397 e. The average Bonchev–Trinajstić information content (AvgIpc) is 2.36. The second-order valence-electron chi connectivity index (χ2n) is 5.02. The van der Waals surface area contributed by atoms with Crippen LogP contribution >= 0.6 is 0 Å². The van der Waals surface area contributed by atoms with E-state index in [1.54, 1.807) is 0 Å². The van der Waals surface area contributed by atoms with E-state index in [1.807, 2.05) is 0 Å². The summed E-state index contributed by atoms with van der Waals surface area (Å²) in [6, 6.07) is 0. The van der Waals surface area contributed by atoms with Gasteiger partial charge in [-0.15, -0.1) is 0 Å². The molecule has 0 atom stereocenters. The normalized spacial score (nSPS) is 11.1. The van der Waals surface area contributed by atoms with Gasteiger partial charge in [0.05, 0.1) is 6.61 Å². The molecule has 0 saturated heterocycles. The molecule has 4 nitrogen and oxygen atoms in total. The van der Waals surface area contributed by atoms with E-state index in [0.717, 1.165) is 0 Å². The number of hydrogen-bond acceptors (Lipinski definition) is 3. The molecule has 0 unspecified atom stereocenters. The quantitative estimate of drug-likeness (QED) is 0.331. The fourth-order valence-electron chi connectivity index (χ4n) is 1.89. The first kappa shape index (κ1) is 23.1. The first-order valence-corrected chi connectivity index (χ1v) is 10.9. The molecule has 0 amide bonds. The Balaban J connectivity index is 0. The summed E-state index contributed by atoms with van der Waals surface area (Å²) in [5.74, 6) is 0. The molecule has 0 rings (SSSR count). The van der Waals surface area contributed by atoms with E-state index in [2.05, 4.69) is 11.1 Å². The Bertz CT molecular complexity index is 258. The van der Waals surface area contributed by atoms with Gasteiger partial charge in [0, 0.05) is 0 Å². The van der Waals surface area contributed by atoms with E-state index in [0.29, 0.717) is 0 Å². The van der Waals surface area contributed by atoms with E-state index in [1.165, 1.54) is 103 Å². The minimum atomic E-state index is -4.17. The number of unbranched alkanes of at least 4 members (excludes halogenated alkanes) is 9. The van der Waals surface area contributed by atoms with E-state index in [9.17, 15) is 8.42 Å². The van der Waals surface area contributed by atoms with Gasteiger partial charge in [0.2, 0.25) is 0 Å². The van der Waals surface area contributed by atoms with Gasteiger partial charge < -0.3 is 0 Å². The van der Waals surface area contributed by atoms with Crippen LogP contribution in [0.15, 0.2) is 0 Å². The van der Waals surface area contributed by atoms with Crippen LogP contribution in [-0.4, -0.2) is 47.5 Å². The zero-order valence-electron chi connectivity index (χ0n) is 13.6. The summed E-state index contributed by atoms with van der Waals surface area (Å²) in [4.78, 5) is 0. The molecule has 0 radical (unpaired) electrons. The fraction of sp³-hybridized carbons (Fsp3) is 1.00. The third-order valence-electron chi connectivity index (χ3n) is 2.97. The Morgan fingerprint density at radius 3 is 1.50 bits per heavy atom.